The van der Waals surface area contributed by atoms with Gasteiger partial charge in [-0.3, -0.25) is 0 Å². The number of benzene rings is 1. The zero-order valence-electron chi connectivity index (χ0n) is 7.33. The maximum absolute atomic E-state index is 9.54. The van der Waals surface area contributed by atoms with E-state index in [0.29, 0.717) is 5.92 Å². The molecule has 1 heteroatoms. The molecule has 1 aliphatic carbocycles. The molecule has 0 saturated heterocycles. The first-order valence-electron chi connectivity index (χ1n) is 4.45. The van der Waals surface area contributed by atoms with Crippen molar-refractivity contribution in [3.8, 4) is 0 Å². The number of rotatable bonds is 1. The summed E-state index contributed by atoms with van der Waals surface area (Å²) < 4.78 is 0. The van der Waals surface area contributed by atoms with Crippen molar-refractivity contribution >= 4 is 0 Å². The van der Waals surface area contributed by atoms with Gasteiger partial charge < -0.3 is 5.11 Å². The van der Waals surface area contributed by atoms with Gasteiger partial charge in [0.2, 0.25) is 0 Å². The van der Waals surface area contributed by atoms with E-state index < -0.39 is 5.60 Å². The Morgan fingerprint density at radius 3 is 2.33 bits per heavy atom. The van der Waals surface area contributed by atoms with E-state index in [1.165, 1.54) is 5.56 Å². The molecule has 0 heterocycles. The van der Waals surface area contributed by atoms with E-state index in [1.807, 2.05) is 13.0 Å². The lowest BCUT2D eigenvalue weighted by Gasteiger charge is -2.41. The van der Waals surface area contributed by atoms with E-state index in [0.717, 1.165) is 12.8 Å². The average molecular weight is 162 g/mol. The predicted octanol–water partition coefficient (Wildman–Crippen LogP) is 2.32. The van der Waals surface area contributed by atoms with Gasteiger partial charge >= 0.3 is 0 Å². The Morgan fingerprint density at radius 1 is 1.25 bits per heavy atom. The van der Waals surface area contributed by atoms with Crippen molar-refractivity contribution in [2.45, 2.75) is 31.3 Å². The molecular weight excluding hydrogens is 148 g/mol. The molecule has 1 saturated carbocycles. The molecular formula is C11H14O. The van der Waals surface area contributed by atoms with Crippen LogP contribution in [0.15, 0.2) is 30.3 Å². The van der Waals surface area contributed by atoms with E-state index in [9.17, 15) is 5.11 Å². The molecule has 0 unspecified atom stereocenters. The summed E-state index contributed by atoms with van der Waals surface area (Å²) in [5, 5.41) is 9.54. The first-order valence-corrected chi connectivity index (χ1v) is 4.45. The van der Waals surface area contributed by atoms with Crippen molar-refractivity contribution < 1.29 is 5.11 Å². The minimum absolute atomic E-state index is 0.402. The van der Waals surface area contributed by atoms with Crippen LogP contribution in [0, 0.1) is 0 Å². The Kier molecular flexibility index (Phi) is 1.69. The van der Waals surface area contributed by atoms with Gasteiger partial charge in [0, 0.05) is 0 Å². The molecule has 0 bridgehead atoms. The van der Waals surface area contributed by atoms with Gasteiger partial charge in [-0.25, -0.2) is 0 Å². The van der Waals surface area contributed by atoms with Gasteiger partial charge in [-0.15, -0.1) is 0 Å². The van der Waals surface area contributed by atoms with Crippen LogP contribution in [0.1, 0.15) is 31.2 Å². The van der Waals surface area contributed by atoms with Crippen molar-refractivity contribution in [1.82, 2.24) is 0 Å². The van der Waals surface area contributed by atoms with Crippen LogP contribution in [0.4, 0.5) is 0 Å². The van der Waals surface area contributed by atoms with Crippen molar-refractivity contribution in [2.24, 2.45) is 0 Å². The maximum atomic E-state index is 9.54. The summed E-state index contributed by atoms with van der Waals surface area (Å²) in [6, 6.07) is 10.4. The lowest BCUT2D eigenvalue weighted by Crippen LogP contribution is -2.39. The van der Waals surface area contributed by atoms with Crippen LogP contribution in [-0.4, -0.2) is 10.7 Å². The Labute approximate surface area is 73.0 Å². The molecule has 0 atom stereocenters. The molecule has 1 aromatic rings. The van der Waals surface area contributed by atoms with Crippen molar-refractivity contribution in [3.05, 3.63) is 35.9 Å². The largest absolute Gasteiger partial charge is 0.390 e. The maximum Gasteiger partial charge on any atom is 0.0631 e. The van der Waals surface area contributed by atoms with Crippen molar-refractivity contribution in [3.63, 3.8) is 0 Å². The molecule has 1 aliphatic rings. The van der Waals surface area contributed by atoms with Gasteiger partial charge in [0.25, 0.3) is 0 Å². The zero-order valence-corrected chi connectivity index (χ0v) is 7.33. The van der Waals surface area contributed by atoms with Crippen molar-refractivity contribution in [1.29, 1.82) is 0 Å². The quantitative estimate of drug-likeness (QED) is 0.672. The van der Waals surface area contributed by atoms with Crippen LogP contribution < -0.4 is 0 Å². The Balaban J connectivity index is 2.06. The van der Waals surface area contributed by atoms with Crippen LogP contribution in [0.5, 0.6) is 0 Å². The topological polar surface area (TPSA) is 20.2 Å². The summed E-state index contributed by atoms with van der Waals surface area (Å²) in [5.74, 6) is 0.584. The van der Waals surface area contributed by atoms with Gasteiger partial charge in [0.1, 0.15) is 0 Å². The molecule has 0 spiro atoms. The van der Waals surface area contributed by atoms with Crippen LogP contribution in [0.25, 0.3) is 0 Å². The fraction of sp³-hybridized carbons (Fsp3) is 0.455. The van der Waals surface area contributed by atoms with Gasteiger partial charge in [-0.05, 0) is 31.2 Å². The highest BCUT2D eigenvalue weighted by atomic mass is 16.3. The highest BCUT2D eigenvalue weighted by molar-refractivity contribution is 5.23. The lowest BCUT2D eigenvalue weighted by atomic mass is 9.69. The second kappa shape index (κ2) is 2.60. The zero-order chi connectivity index (χ0) is 8.60. The number of hydrogen-bond donors (Lipinski definition) is 1. The van der Waals surface area contributed by atoms with Gasteiger partial charge in [-0.1, -0.05) is 30.3 Å². The Bertz CT molecular complexity index is 256. The van der Waals surface area contributed by atoms with E-state index in [-0.39, 0.29) is 0 Å². The summed E-state index contributed by atoms with van der Waals surface area (Å²) in [6.07, 6.45) is 1.83. The van der Waals surface area contributed by atoms with Crippen molar-refractivity contribution in [2.75, 3.05) is 0 Å². The van der Waals surface area contributed by atoms with E-state index in [1.54, 1.807) is 0 Å². The molecule has 2 rings (SSSR count). The number of hydrogen-bond acceptors (Lipinski definition) is 1. The molecule has 0 radical (unpaired) electrons. The normalized spacial score (nSPS) is 34.3. The van der Waals surface area contributed by atoms with Crippen LogP contribution in [-0.2, 0) is 0 Å². The third kappa shape index (κ3) is 1.37. The predicted molar refractivity (Wildman–Crippen MR) is 49.0 cm³/mol. The fourth-order valence-electron chi connectivity index (χ4n) is 1.96. The first kappa shape index (κ1) is 7.81. The van der Waals surface area contributed by atoms with Crippen LogP contribution >= 0.6 is 0 Å². The summed E-state index contributed by atoms with van der Waals surface area (Å²) >= 11 is 0. The second-order valence-electron chi connectivity index (χ2n) is 4.01. The van der Waals surface area contributed by atoms with Gasteiger partial charge in [0.15, 0.2) is 0 Å². The van der Waals surface area contributed by atoms with Crippen LogP contribution in [0.3, 0.4) is 0 Å². The monoisotopic (exact) mass is 162 g/mol. The smallest absolute Gasteiger partial charge is 0.0631 e. The number of aliphatic hydroxyl groups is 1. The molecule has 1 nitrogen and oxygen atoms in total. The summed E-state index contributed by atoms with van der Waals surface area (Å²) in [5.41, 5.74) is 0.963. The first-order chi connectivity index (χ1) is 5.67. The third-order valence-electron chi connectivity index (χ3n) is 2.64. The summed E-state index contributed by atoms with van der Waals surface area (Å²) in [4.78, 5) is 0. The molecule has 1 fully saturated rings. The summed E-state index contributed by atoms with van der Waals surface area (Å²) in [7, 11) is 0. The molecule has 64 valence electrons. The molecule has 0 aromatic heterocycles. The molecule has 0 amide bonds. The minimum Gasteiger partial charge on any atom is -0.390 e. The van der Waals surface area contributed by atoms with Crippen LogP contribution in [0.2, 0.25) is 0 Å². The minimum atomic E-state index is -0.402. The van der Waals surface area contributed by atoms with Gasteiger partial charge in [-0.2, -0.15) is 0 Å². The summed E-state index contributed by atoms with van der Waals surface area (Å²) in [6.45, 7) is 1.91. The van der Waals surface area contributed by atoms with E-state index >= 15 is 0 Å². The molecule has 1 N–H and O–H groups in total. The molecule has 0 aliphatic heterocycles. The van der Waals surface area contributed by atoms with E-state index in [2.05, 4.69) is 24.3 Å². The van der Waals surface area contributed by atoms with Gasteiger partial charge in [0.05, 0.1) is 5.60 Å². The Hall–Kier alpha value is -0.820. The molecule has 12 heavy (non-hydrogen) atoms. The molecule has 1 aromatic carbocycles. The third-order valence-corrected chi connectivity index (χ3v) is 2.64. The fourth-order valence-corrected chi connectivity index (χ4v) is 1.96. The average Bonchev–Trinajstić information content (AvgIpc) is 2.02. The lowest BCUT2D eigenvalue weighted by molar-refractivity contribution is -0.0313. The van der Waals surface area contributed by atoms with E-state index in [4.69, 9.17) is 0 Å². The highest BCUT2D eigenvalue weighted by Gasteiger charge is 2.38. The second-order valence-corrected chi connectivity index (χ2v) is 4.01. The Morgan fingerprint density at radius 2 is 1.83 bits per heavy atom. The standard InChI is InChI=1S/C11H14O/c1-11(12)7-10(8-11)9-5-3-2-4-6-9/h2-6,10,12H,7-8H2,1H3. The SMILES string of the molecule is CC1(O)CC(c2ccccc2)C1. The highest BCUT2D eigenvalue weighted by Crippen LogP contribution is 2.43.